The number of benzene rings is 1. The topological polar surface area (TPSA) is 38.0 Å². The zero-order valence-electron chi connectivity index (χ0n) is 9.97. The van der Waals surface area contributed by atoms with Gasteiger partial charge in [0.2, 0.25) is 0 Å². The predicted molar refractivity (Wildman–Crippen MR) is 65.2 cm³/mol. The average molecular weight is 240 g/mol. The molecule has 0 aliphatic carbocycles. The second-order valence-corrected chi connectivity index (χ2v) is 4.11. The van der Waals surface area contributed by atoms with Gasteiger partial charge in [0.25, 0.3) is 0 Å². The van der Waals surface area contributed by atoms with Crippen molar-refractivity contribution in [1.29, 1.82) is 0 Å². The maximum atomic E-state index is 13.4. The summed E-state index contributed by atoms with van der Waals surface area (Å²) < 4.78 is 26.2. The molecule has 0 spiro atoms. The Morgan fingerprint density at radius 2 is 2.18 bits per heavy atom. The Morgan fingerprint density at radius 3 is 2.71 bits per heavy atom. The van der Waals surface area contributed by atoms with E-state index in [2.05, 4.69) is 12.0 Å². The summed E-state index contributed by atoms with van der Waals surface area (Å²) in [4.78, 5) is 0. The van der Waals surface area contributed by atoms with Gasteiger partial charge < -0.3 is 0 Å². The van der Waals surface area contributed by atoms with E-state index in [9.17, 15) is 8.78 Å². The van der Waals surface area contributed by atoms with Gasteiger partial charge in [-0.3, -0.25) is 11.3 Å². The van der Waals surface area contributed by atoms with E-state index in [1.165, 1.54) is 12.1 Å². The number of hydrogen-bond donors (Lipinski definition) is 2. The molecule has 2 nitrogen and oxygen atoms in total. The third kappa shape index (κ3) is 4.24. The largest absolute Gasteiger partial charge is 0.271 e. The molecular weight excluding hydrogens is 222 g/mol. The van der Waals surface area contributed by atoms with E-state index in [1.54, 1.807) is 0 Å². The van der Waals surface area contributed by atoms with Crippen molar-refractivity contribution in [2.24, 2.45) is 5.84 Å². The Balaban J connectivity index is 2.70. The summed E-state index contributed by atoms with van der Waals surface area (Å²) in [6.45, 7) is 5.90. The van der Waals surface area contributed by atoms with Crippen molar-refractivity contribution in [3.05, 3.63) is 47.5 Å². The molecule has 17 heavy (non-hydrogen) atoms. The fourth-order valence-corrected chi connectivity index (χ4v) is 1.64. The van der Waals surface area contributed by atoms with Gasteiger partial charge in [-0.2, -0.15) is 0 Å². The summed E-state index contributed by atoms with van der Waals surface area (Å²) in [5, 5.41) is 0. The Morgan fingerprint density at radius 1 is 1.47 bits per heavy atom. The molecule has 1 aromatic rings. The highest BCUT2D eigenvalue weighted by Gasteiger charge is 2.12. The summed E-state index contributed by atoms with van der Waals surface area (Å²) in [6.07, 6.45) is 1.97. The van der Waals surface area contributed by atoms with Gasteiger partial charge >= 0.3 is 0 Å². The standard InChI is InChI=1S/C13H18F2N2/c1-3-9(2)6-12(17-16)7-10-4-5-11(14)8-13(10)15/h4-5,8,12,17H,2-3,6-7,16H2,1H3. The molecule has 0 heterocycles. The Bertz CT molecular complexity index is 391. The lowest BCUT2D eigenvalue weighted by Crippen LogP contribution is -2.37. The third-order valence-electron chi connectivity index (χ3n) is 2.75. The zero-order valence-corrected chi connectivity index (χ0v) is 9.97. The number of hydrogen-bond acceptors (Lipinski definition) is 2. The Kier molecular flexibility index (Phi) is 5.25. The second kappa shape index (κ2) is 6.47. The lowest BCUT2D eigenvalue weighted by atomic mass is 9.99. The van der Waals surface area contributed by atoms with Gasteiger partial charge in [-0.15, -0.1) is 0 Å². The molecule has 1 unspecified atom stereocenters. The van der Waals surface area contributed by atoms with Crippen molar-refractivity contribution in [2.45, 2.75) is 32.2 Å². The first kappa shape index (κ1) is 13.8. The zero-order chi connectivity index (χ0) is 12.8. The van der Waals surface area contributed by atoms with E-state index >= 15 is 0 Å². The van der Waals surface area contributed by atoms with E-state index in [4.69, 9.17) is 5.84 Å². The number of nitrogens with two attached hydrogens (primary N) is 1. The third-order valence-corrected chi connectivity index (χ3v) is 2.75. The van der Waals surface area contributed by atoms with Crippen LogP contribution >= 0.6 is 0 Å². The molecule has 1 atom stereocenters. The van der Waals surface area contributed by atoms with Crippen molar-refractivity contribution in [2.75, 3.05) is 0 Å². The SMILES string of the molecule is C=C(CC)CC(Cc1ccc(F)cc1F)NN. The van der Waals surface area contributed by atoms with Crippen LogP contribution in [-0.2, 0) is 6.42 Å². The maximum absolute atomic E-state index is 13.4. The number of nitrogens with one attached hydrogen (secondary N) is 1. The van der Waals surface area contributed by atoms with Crippen molar-refractivity contribution in [1.82, 2.24) is 5.43 Å². The van der Waals surface area contributed by atoms with Crippen LogP contribution in [0.4, 0.5) is 8.78 Å². The highest BCUT2D eigenvalue weighted by molar-refractivity contribution is 5.20. The highest BCUT2D eigenvalue weighted by Crippen LogP contribution is 2.15. The number of hydrazine groups is 1. The van der Waals surface area contributed by atoms with E-state index < -0.39 is 11.6 Å². The minimum atomic E-state index is -0.568. The fourth-order valence-electron chi connectivity index (χ4n) is 1.64. The van der Waals surface area contributed by atoms with Gasteiger partial charge in [0.05, 0.1) is 0 Å². The molecule has 0 saturated heterocycles. The average Bonchev–Trinajstić information content (AvgIpc) is 2.31. The molecule has 4 heteroatoms. The summed E-state index contributed by atoms with van der Waals surface area (Å²) >= 11 is 0. The lowest BCUT2D eigenvalue weighted by molar-refractivity contribution is 0.498. The molecule has 1 aromatic carbocycles. The molecule has 94 valence electrons. The normalized spacial score (nSPS) is 12.5. The van der Waals surface area contributed by atoms with Crippen molar-refractivity contribution in [3.8, 4) is 0 Å². The second-order valence-electron chi connectivity index (χ2n) is 4.11. The highest BCUT2D eigenvalue weighted by atomic mass is 19.1. The lowest BCUT2D eigenvalue weighted by Gasteiger charge is -2.17. The molecule has 1 rings (SSSR count). The first-order valence-corrected chi connectivity index (χ1v) is 5.63. The summed E-state index contributed by atoms with van der Waals surface area (Å²) in [6, 6.07) is 3.50. The molecule has 0 fully saturated rings. The van der Waals surface area contributed by atoms with Gasteiger partial charge in [0.1, 0.15) is 11.6 Å². The van der Waals surface area contributed by atoms with E-state index in [1.807, 2.05) is 6.92 Å². The number of rotatable bonds is 6. The van der Waals surface area contributed by atoms with E-state index in [0.717, 1.165) is 18.1 Å². The first-order chi connectivity index (χ1) is 8.06. The molecule has 0 saturated carbocycles. The summed E-state index contributed by atoms with van der Waals surface area (Å²) in [5.74, 6) is 4.31. The van der Waals surface area contributed by atoms with Crippen molar-refractivity contribution >= 4 is 0 Å². The van der Waals surface area contributed by atoms with E-state index in [0.29, 0.717) is 18.4 Å². The van der Waals surface area contributed by atoms with Gasteiger partial charge in [-0.25, -0.2) is 8.78 Å². The Labute approximate surface area is 100 Å². The van der Waals surface area contributed by atoms with Gasteiger partial charge in [-0.05, 0) is 30.9 Å². The van der Waals surface area contributed by atoms with Crippen LogP contribution in [0.5, 0.6) is 0 Å². The van der Waals surface area contributed by atoms with Crippen LogP contribution in [0.2, 0.25) is 0 Å². The van der Waals surface area contributed by atoms with Crippen LogP contribution in [-0.4, -0.2) is 6.04 Å². The van der Waals surface area contributed by atoms with Crippen LogP contribution in [0, 0.1) is 11.6 Å². The number of halogens is 2. The quantitative estimate of drug-likeness (QED) is 0.456. The van der Waals surface area contributed by atoms with Crippen LogP contribution in [0.1, 0.15) is 25.3 Å². The maximum Gasteiger partial charge on any atom is 0.129 e. The molecule has 0 aromatic heterocycles. The van der Waals surface area contributed by atoms with Crippen molar-refractivity contribution in [3.63, 3.8) is 0 Å². The molecule has 3 N–H and O–H groups in total. The molecule has 0 radical (unpaired) electrons. The molecule has 0 amide bonds. The minimum absolute atomic E-state index is 0.0811. The van der Waals surface area contributed by atoms with Crippen LogP contribution < -0.4 is 11.3 Å². The van der Waals surface area contributed by atoms with Gasteiger partial charge in [0, 0.05) is 12.1 Å². The molecule has 0 aliphatic heterocycles. The van der Waals surface area contributed by atoms with Gasteiger partial charge in [0.15, 0.2) is 0 Å². The van der Waals surface area contributed by atoms with Crippen LogP contribution in [0.15, 0.2) is 30.4 Å². The predicted octanol–water partition coefficient (Wildman–Crippen LogP) is 2.70. The van der Waals surface area contributed by atoms with E-state index in [-0.39, 0.29) is 6.04 Å². The summed E-state index contributed by atoms with van der Waals surface area (Å²) in [7, 11) is 0. The van der Waals surface area contributed by atoms with Crippen LogP contribution in [0.25, 0.3) is 0 Å². The molecule has 0 aliphatic rings. The minimum Gasteiger partial charge on any atom is -0.271 e. The fraction of sp³-hybridized carbons (Fsp3) is 0.385. The smallest absolute Gasteiger partial charge is 0.129 e. The Hall–Kier alpha value is -1.26. The van der Waals surface area contributed by atoms with Crippen LogP contribution in [0.3, 0.4) is 0 Å². The van der Waals surface area contributed by atoms with Gasteiger partial charge in [-0.1, -0.05) is 25.1 Å². The molecular formula is C13H18F2N2. The summed E-state index contributed by atoms with van der Waals surface area (Å²) in [5.41, 5.74) is 4.14. The van der Waals surface area contributed by atoms with Crippen molar-refractivity contribution < 1.29 is 8.78 Å². The first-order valence-electron chi connectivity index (χ1n) is 5.63. The monoisotopic (exact) mass is 240 g/mol. The molecule has 0 bridgehead atoms.